The molecule has 1 aliphatic carbocycles. The summed E-state index contributed by atoms with van der Waals surface area (Å²) in [5.41, 5.74) is 2.14. The maximum Gasteiger partial charge on any atom is 0.271 e. The van der Waals surface area contributed by atoms with Crippen molar-refractivity contribution in [2.24, 2.45) is 5.92 Å². The van der Waals surface area contributed by atoms with Crippen LogP contribution in [0, 0.1) is 19.8 Å². The van der Waals surface area contributed by atoms with Crippen LogP contribution in [0.2, 0.25) is 5.02 Å². The first-order valence-corrected chi connectivity index (χ1v) is 8.91. The molecule has 0 unspecified atom stereocenters. The Morgan fingerprint density at radius 1 is 1.29 bits per heavy atom. The second-order valence-electron chi connectivity index (χ2n) is 6.55. The summed E-state index contributed by atoms with van der Waals surface area (Å²) in [6.07, 6.45) is 6.20. The molecule has 5 nitrogen and oxygen atoms in total. The zero-order chi connectivity index (χ0) is 17.1. The maximum absolute atomic E-state index is 12.5. The Morgan fingerprint density at radius 2 is 2.04 bits per heavy atom. The van der Waals surface area contributed by atoms with E-state index in [1.54, 1.807) is 16.8 Å². The van der Waals surface area contributed by atoms with Crippen molar-refractivity contribution in [2.75, 3.05) is 6.54 Å². The third-order valence-corrected chi connectivity index (χ3v) is 4.85. The maximum atomic E-state index is 12.5. The molecule has 1 aliphatic rings. The molecular weight excluding hydrogens is 324 g/mol. The van der Waals surface area contributed by atoms with Crippen LogP contribution >= 0.6 is 11.6 Å². The number of hydrogen-bond acceptors (Lipinski definition) is 3. The summed E-state index contributed by atoms with van der Waals surface area (Å²) < 4.78 is 1.73. The molecule has 0 saturated heterocycles. The largest absolute Gasteiger partial charge is 0.350 e. The van der Waals surface area contributed by atoms with Gasteiger partial charge in [-0.25, -0.2) is 9.67 Å². The number of nitrogens with zero attached hydrogens (tertiary/aromatic N) is 3. The van der Waals surface area contributed by atoms with Crippen molar-refractivity contribution >= 4 is 17.5 Å². The van der Waals surface area contributed by atoms with Crippen LogP contribution in [0.1, 0.15) is 54.0 Å². The first-order chi connectivity index (χ1) is 11.5. The number of aryl methyl sites for hydroxylation is 2. The Bertz CT molecular complexity index is 735. The molecule has 2 aromatic heterocycles. The zero-order valence-electron chi connectivity index (χ0n) is 14.2. The monoisotopic (exact) mass is 346 g/mol. The molecule has 0 bridgehead atoms. The van der Waals surface area contributed by atoms with E-state index in [0.29, 0.717) is 23.3 Å². The van der Waals surface area contributed by atoms with Crippen LogP contribution in [-0.4, -0.2) is 27.2 Å². The summed E-state index contributed by atoms with van der Waals surface area (Å²) in [5, 5.41) is 7.76. The van der Waals surface area contributed by atoms with Crippen molar-refractivity contribution in [3.63, 3.8) is 0 Å². The lowest BCUT2D eigenvalue weighted by Crippen LogP contribution is -2.31. The SMILES string of the molecule is Cc1cc(C)n(-c2ccc(Cl)c(C(=O)NCC3CCCCC3)n2)n1. The molecule has 1 N–H and O–H groups in total. The molecule has 24 heavy (non-hydrogen) atoms. The predicted octanol–water partition coefficient (Wildman–Crippen LogP) is 3.85. The van der Waals surface area contributed by atoms with E-state index in [9.17, 15) is 4.79 Å². The Kier molecular flexibility index (Phi) is 5.19. The summed E-state index contributed by atoms with van der Waals surface area (Å²) in [7, 11) is 0. The highest BCUT2D eigenvalue weighted by Gasteiger charge is 2.18. The van der Waals surface area contributed by atoms with Crippen molar-refractivity contribution in [3.8, 4) is 5.82 Å². The van der Waals surface area contributed by atoms with E-state index in [2.05, 4.69) is 15.4 Å². The van der Waals surface area contributed by atoms with Gasteiger partial charge in [0.25, 0.3) is 5.91 Å². The zero-order valence-corrected chi connectivity index (χ0v) is 14.9. The van der Waals surface area contributed by atoms with Crippen LogP contribution < -0.4 is 5.32 Å². The number of nitrogens with one attached hydrogen (secondary N) is 1. The fourth-order valence-electron chi connectivity index (χ4n) is 3.28. The average molecular weight is 347 g/mol. The predicted molar refractivity (Wildman–Crippen MR) is 94.8 cm³/mol. The minimum absolute atomic E-state index is 0.214. The summed E-state index contributed by atoms with van der Waals surface area (Å²) in [5.74, 6) is 0.961. The van der Waals surface area contributed by atoms with E-state index in [-0.39, 0.29) is 11.6 Å². The van der Waals surface area contributed by atoms with Gasteiger partial charge in [-0.2, -0.15) is 5.10 Å². The normalized spacial score (nSPS) is 15.5. The fourth-order valence-corrected chi connectivity index (χ4v) is 3.47. The number of amides is 1. The molecule has 0 aliphatic heterocycles. The topological polar surface area (TPSA) is 59.8 Å². The van der Waals surface area contributed by atoms with Gasteiger partial charge in [0, 0.05) is 12.2 Å². The Labute approximate surface area is 147 Å². The molecule has 0 atom stereocenters. The lowest BCUT2D eigenvalue weighted by Gasteiger charge is -2.21. The van der Waals surface area contributed by atoms with E-state index in [1.807, 2.05) is 19.9 Å². The number of aromatic nitrogens is 3. The molecule has 1 saturated carbocycles. The smallest absolute Gasteiger partial charge is 0.271 e. The van der Waals surface area contributed by atoms with Crippen LogP contribution in [0.5, 0.6) is 0 Å². The number of carbonyl (C=O) groups is 1. The third kappa shape index (κ3) is 3.78. The minimum atomic E-state index is -0.214. The first kappa shape index (κ1) is 17.0. The quantitative estimate of drug-likeness (QED) is 0.914. The molecule has 3 rings (SSSR count). The van der Waals surface area contributed by atoms with E-state index in [4.69, 9.17) is 11.6 Å². The second kappa shape index (κ2) is 7.34. The first-order valence-electron chi connectivity index (χ1n) is 8.53. The molecule has 0 radical (unpaired) electrons. The summed E-state index contributed by atoms with van der Waals surface area (Å²) in [6.45, 7) is 4.58. The van der Waals surface area contributed by atoms with Crippen LogP contribution in [0.15, 0.2) is 18.2 Å². The Hall–Kier alpha value is -1.88. The summed E-state index contributed by atoms with van der Waals surface area (Å²) in [4.78, 5) is 16.9. The van der Waals surface area contributed by atoms with E-state index in [0.717, 1.165) is 11.4 Å². The van der Waals surface area contributed by atoms with Crippen molar-refractivity contribution < 1.29 is 4.79 Å². The van der Waals surface area contributed by atoms with Gasteiger partial charge in [0.1, 0.15) is 5.69 Å². The van der Waals surface area contributed by atoms with Gasteiger partial charge < -0.3 is 5.32 Å². The van der Waals surface area contributed by atoms with Gasteiger partial charge in [-0.3, -0.25) is 4.79 Å². The molecule has 2 heterocycles. The highest BCUT2D eigenvalue weighted by molar-refractivity contribution is 6.33. The Morgan fingerprint density at radius 3 is 2.71 bits per heavy atom. The van der Waals surface area contributed by atoms with Crippen LogP contribution in [0.4, 0.5) is 0 Å². The number of rotatable bonds is 4. The molecule has 2 aromatic rings. The van der Waals surface area contributed by atoms with Gasteiger partial charge in [-0.1, -0.05) is 30.9 Å². The number of pyridine rings is 1. The van der Waals surface area contributed by atoms with Crippen molar-refractivity contribution in [1.82, 2.24) is 20.1 Å². The van der Waals surface area contributed by atoms with Gasteiger partial charge in [0.15, 0.2) is 5.82 Å². The van der Waals surface area contributed by atoms with Gasteiger partial charge >= 0.3 is 0 Å². The highest BCUT2D eigenvalue weighted by atomic mass is 35.5. The van der Waals surface area contributed by atoms with E-state index in [1.165, 1.54) is 32.1 Å². The van der Waals surface area contributed by atoms with E-state index >= 15 is 0 Å². The van der Waals surface area contributed by atoms with Gasteiger partial charge in [0.2, 0.25) is 0 Å². The molecule has 128 valence electrons. The fraction of sp³-hybridized carbons (Fsp3) is 0.500. The standard InChI is InChI=1S/C18H23ClN4O/c1-12-10-13(2)23(22-12)16-9-8-15(19)17(21-16)18(24)20-11-14-6-4-3-5-7-14/h8-10,14H,3-7,11H2,1-2H3,(H,20,24). The van der Waals surface area contributed by atoms with Crippen LogP contribution in [0.3, 0.4) is 0 Å². The molecule has 0 aromatic carbocycles. The molecular formula is C18H23ClN4O. The Balaban J connectivity index is 1.75. The van der Waals surface area contributed by atoms with Gasteiger partial charge in [0.05, 0.1) is 10.7 Å². The van der Waals surface area contributed by atoms with Crippen LogP contribution in [0.25, 0.3) is 5.82 Å². The number of carbonyl (C=O) groups excluding carboxylic acids is 1. The average Bonchev–Trinajstić information content (AvgIpc) is 2.92. The molecule has 0 spiro atoms. The summed E-state index contributed by atoms with van der Waals surface area (Å²) in [6, 6.07) is 5.45. The summed E-state index contributed by atoms with van der Waals surface area (Å²) >= 11 is 6.19. The molecule has 1 fully saturated rings. The lowest BCUT2D eigenvalue weighted by molar-refractivity contribution is 0.0938. The molecule has 6 heteroatoms. The highest BCUT2D eigenvalue weighted by Crippen LogP contribution is 2.23. The van der Waals surface area contributed by atoms with Gasteiger partial charge in [-0.05, 0) is 50.8 Å². The lowest BCUT2D eigenvalue weighted by atomic mass is 9.89. The number of halogens is 1. The van der Waals surface area contributed by atoms with Crippen LogP contribution in [-0.2, 0) is 0 Å². The number of hydrogen-bond donors (Lipinski definition) is 1. The molecule has 1 amide bonds. The van der Waals surface area contributed by atoms with Crippen molar-refractivity contribution in [1.29, 1.82) is 0 Å². The van der Waals surface area contributed by atoms with Gasteiger partial charge in [-0.15, -0.1) is 0 Å². The van der Waals surface area contributed by atoms with E-state index < -0.39 is 0 Å². The second-order valence-corrected chi connectivity index (χ2v) is 6.96. The van der Waals surface area contributed by atoms with Crippen molar-refractivity contribution in [2.45, 2.75) is 46.0 Å². The third-order valence-electron chi connectivity index (χ3n) is 4.55. The minimum Gasteiger partial charge on any atom is -0.350 e. The van der Waals surface area contributed by atoms with Crippen molar-refractivity contribution in [3.05, 3.63) is 40.3 Å².